The summed E-state index contributed by atoms with van der Waals surface area (Å²) in [5.74, 6) is 0.899. The highest BCUT2D eigenvalue weighted by atomic mass is 16.3. The predicted octanol–water partition coefficient (Wildman–Crippen LogP) is 3.60. The van der Waals surface area contributed by atoms with E-state index in [1.807, 2.05) is 0 Å². The van der Waals surface area contributed by atoms with E-state index in [1.165, 1.54) is 49.8 Å². The number of rotatable bonds is 3. The van der Waals surface area contributed by atoms with Crippen LogP contribution in [0.25, 0.3) is 0 Å². The first-order valence-corrected chi connectivity index (χ1v) is 8.14. The summed E-state index contributed by atoms with van der Waals surface area (Å²) in [7, 11) is 0. The molecule has 1 aliphatic carbocycles. The lowest BCUT2D eigenvalue weighted by molar-refractivity contribution is 0.0893. The smallest absolute Gasteiger partial charge is 0.0917 e. The second kappa shape index (κ2) is 5.87. The van der Waals surface area contributed by atoms with E-state index in [-0.39, 0.29) is 6.10 Å². The van der Waals surface area contributed by atoms with Crippen molar-refractivity contribution in [3.63, 3.8) is 0 Å². The topological polar surface area (TPSA) is 23.5 Å². The summed E-state index contributed by atoms with van der Waals surface area (Å²) in [6.45, 7) is 6.23. The Morgan fingerprint density at radius 2 is 1.95 bits per heavy atom. The van der Waals surface area contributed by atoms with Gasteiger partial charge in [0.2, 0.25) is 0 Å². The molecular weight excluding hydrogens is 246 g/mol. The first-order chi connectivity index (χ1) is 9.65. The molecule has 0 radical (unpaired) electrons. The van der Waals surface area contributed by atoms with E-state index in [4.69, 9.17) is 0 Å². The predicted molar refractivity (Wildman–Crippen MR) is 82.8 cm³/mol. The van der Waals surface area contributed by atoms with Gasteiger partial charge in [0, 0.05) is 12.6 Å². The molecule has 3 rings (SSSR count). The molecule has 20 heavy (non-hydrogen) atoms. The monoisotopic (exact) mass is 273 g/mol. The van der Waals surface area contributed by atoms with Crippen LogP contribution >= 0.6 is 0 Å². The Labute approximate surface area is 122 Å². The molecule has 1 aliphatic heterocycles. The molecule has 0 aromatic heterocycles. The van der Waals surface area contributed by atoms with Gasteiger partial charge in [0.1, 0.15) is 0 Å². The lowest BCUT2D eigenvalue weighted by atomic mass is 9.85. The molecule has 3 unspecified atom stereocenters. The lowest BCUT2D eigenvalue weighted by Crippen LogP contribution is -2.37. The number of aryl methyl sites for hydroxylation is 2. The maximum absolute atomic E-state index is 10.5. The van der Waals surface area contributed by atoms with Crippen LogP contribution in [0.1, 0.15) is 54.9 Å². The van der Waals surface area contributed by atoms with Crippen molar-refractivity contribution in [3.8, 4) is 0 Å². The molecule has 0 amide bonds. The number of β-amino-alcohol motifs (C(OH)–C–C–N with tert-alkyl or cyclic N) is 1. The number of nitrogens with zero attached hydrogens (tertiary/aromatic N) is 1. The van der Waals surface area contributed by atoms with E-state index in [9.17, 15) is 5.11 Å². The van der Waals surface area contributed by atoms with Gasteiger partial charge in [-0.2, -0.15) is 0 Å². The average Bonchev–Trinajstić information content (AvgIpc) is 2.85. The van der Waals surface area contributed by atoms with Gasteiger partial charge < -0.3 is 5.11 Å². The minimum absolute atomic E-state index is 0.338. The van der Waals surface area contributed by atoms with Crippen LogP contribution in [-0.4, -0.2) is 29.1 Å². The zero-order valence-electron chi connectivity index (χ0n) is 12.8. The summed E-state index contributed by atoms with van der Waals surface area (Å²) in [6, 6.07) is 7.10. The summed E-state index contributed by atoms with van der Waals surface area (Å²) >= 11 is 0. The molecular formula is C18H27NO. The molecule has 0 spiro atoms. The SMILES string of the molecule is Cc1ccc(C(O)CN2CCC3CCCCC32)cc1C. The molecule has 1 aromatic carbocycles. The Balaban J connectivity index is 1.66. The van der Waals surface area contributed by atoms with Gasteiger partial charge >= 0.3 is 0 Å². The molecule has 1 aromatic rings. The molecule has 2 nitrogen and oxygen atoms in total. The van der Waals surface area contributed by atoms with Crippen LogP contribution in [0.5, 0.6) is 0 Å². The molecule has 1 N–H and O–H groups in total. The van der Waals surface area contributed by atoms with Crippen molar-refractivity contribution < 1.29 is 5.11 Å². The summed E-state index contributed by atoms with van der Waals surface area (Å²) < 4.78 is 0. The first kappa shape index (κ1) is 14.1. The number of aliphatic hydroxyl groups excluding tert-OH is 1. The van der Waals surface area contributed by atoms with Crippen LogP contribution in [-0.2, 0) is 0 Å². The molecule has 1 saturated heterocycles. The largest absolute Gasteiger partial charge is 0.387 e. The zero-order valence-corrected chi connectivity index (χ0v) is 12.8. The van der Waals surface area contributed by atoms with Gasteiger partial charge in [-0.1, -0.05) is 31.0 Å². The number of benzene rings is 1. The minimum Gasteiger partial charge on any atom is -0.387 e. The fraction of sp³-hybridized carbons (Fsp3) is 0.667. The summed E-state index contributed by atoms with van der Waals surface area (Å²) in [5.41, 5.74) is 3.65. The van der Waals surface area contributed by atoms with Gasteiger partial charge in [-0.15, -0.1) is 0 Å². The van der Waals surface area contributed by atoms with Crippen molar-refractivity contribution in [2.75, 3.05) is 13.1 Å². The molecule has 0 bridgehead atoms. The third-order valence-corrected chi connectivity index (χ3v) is 5.45. The quantitative estimate of drug-likeness (QED) is 0.909. The molecule has 1 saturated carbocycles. The van der Waals surface area contributed by atoms with Crippen molar-refractivity contribution >= 4 is 0 Å². The van der Waals surface area contributed by atoms with E-state index in [1.54, 1.807) is 0 Å². The van der Waals surface area contributed by atoms with Crippen LogP contribution in [0.4, 0.5) is 0 Å². The summed E-state index contributed by atoms with van der Waals surface area (Å²) in [5, 5.41) is 10.5. The van der Waals surface area contributed by atoms with Crippen molar-refractivity contribution in [3.05, 3.63) is 34.9 Å². The van der Waals surface area contributed by atoms with Gasteiger partial charge in [0.05, 0.1) is 6.10 Å². The maximum Gasteiger partial charge on any atom is 0.0917 e. The van der Waals surface area contributed by atoms with Crippen molar-refractivity contribution in [2.45, 2.75) is 58.1 Å². The van der Waals surface area contributed by atoms with Crippen LogP contribution in [0.2, 0.25) is 0 Å². The van der Waals surface area contributed by atoms with Crippen LogP contribution in [0.3, 0.4) is 0 Å². The van der Waals surface area contributed by atoms with E-state index >= 15 is 0 Å². The van der Waals surface area contributed by atoms with Gasteiger partial charge in [-0.05, 0) is 62.3 Å². The standard InChI is InChI=1S/C18H27NO/c1-13-7-8-16(11-14(13)2)18(20)12-19-10-9-15-5-3-4-6-17(15)19/h7-8,11,15,17-18,20H,3-6,9-10,12H2,1-2H3. The molecule has 1 heterocycles. The van der Waals surface area contributed by atoms with Gasteiger partial charge in [-0.25, -0.2) is 0 Å². The number of likely N-dealkylation sites (tertiary alicyclic amines) is 1. The first-order valence-electron chi connectivity index (χ1n) is 8.14. The average molecular weight is 273 g/mol. The number of fused-ring (bicyclic) bond motifs is 1. The van der Waals surface area contributed by atoms with Gasteiger partial charge in [0.25, 0.3) is 0 Å². The molecule has 110 valence electrons. The third kappa shape index (κ3) is 2.77. The van der Waals surface area contributed by atoms with E-state index in [0.29, 0.717) is 0 Å². The Morgan fingerprint density at radius 3 is 2.75 bits per heavy atom. The number of hydrogen-bond acceptors (Lipinski definition) is 2. The fourth-order valence-electron chi connectivity index (χ4n) is 4.03. The highest BCUT2D eigenvalue weighted by Crippen LogP contribution is 2.37. The molecule has 2 fully saturated rings. The van der Waals surface area contributed by atoms with Gasteiger partial charge in [-0.3, -0.25) is 4.90 Å². The van der Waals surface area contributed by atoms with Crippen molar-refractivity contribution in [1.29, 1.82) is 0 Å². The van der Waals surface area contributed by atoms with Crippen molar-refractivity contribution in [2.24, 2.45) is 5.92 Å². The Morgan fingerprint density at radius 1 is 1.15 bits per heavy atom. The highest BCUT2D eigenvalue weighted by molar-refractivity contribution is 5.31. The third-order valence-electron chi connectivity index (χ3n) is 5.45. The lowest BCUT2D eigenvalue weighted by Gasteiger charge is -2.33. The second-order valence-corrected chi connectivity index (χ2v) is 6.75. The second-order valence-electron chi connectivity index (χ2n) is 6.75. The highest BCUT2D eigenvalue weighted by Gasteiger charge is 2.36. The molecule has 2 aliphatic rings. The molecule has 2 heteroatoms. The van der Waals surface area contributed by atoms with Crippen LogP contribution in [0, 0.1) is 19.8 Å². The summed E-state index contributed by atoms with van der Waals surface area (Å²) in [4.78, 5) is 2.55. The Kier molecular flexibility index (Phi) is 4.13. The maximum atomic E-state index is 10.5. The van der Waals surface area contributed by atoms with E-state index in [0.717, 1.165) is 24.1 Å². The fourth-order valence-corrected chi connectivity index (χ4v) is 4.03. The molecule has 3 atom stereocenters. The Bertz CT molecular complexity index is 470. The van der Waals surface area contributed by atoms with Crippen molar-refractivity contribution in [1.82, 2.24) is 4.90 Å². The van der Waals surface area contributed by atoms with Crippen LogP contribution in [0.15, 0.2) is 18.2 Å². The number of hydrogen-bond donors (Lipinski definition) is 1. The zero-order chi connectivity index (χ0) is 14.1. The summed E-state index contributed by atoms with van der Waals surface area (Å²) in [6.07, 6.45) is 6.52. The number of aliphatic hydroxyl groups is 1. The van der Waals surface area contributed by atoms with Gasteiger partial charge in [0.15, 0.2) is 0 Å². The minimum atomic E-state index is -0.338. The van der Waals surface area contributed by atoms with Crippen LogP contribution < -0.4 is 0 Å². The Hall–Kier alpha value is -0.860. The normalized spacial score (nSPS) is 28.4. The van der Waals surface area contributed by atoms with E-state index < -0.39 is 0 Å². The van der Waals surface area contributed by atoms with E-state index in [2.05, 4.69) is 36.9 Å².